The molecule has 0 radical (unpaired) electrons. The molecule has 1 heterocycles. The van der Waals surface area contributed by atoms with Gasteiger partial charge in [0.25, 0.3) is 0 Å². The van der Waals surface area contributed by atoms with Gasteiger partial charge in [0, 0.05) is 6.04 Å². The van der Waals surface area contributed by atoms with Gasteiger partial charge < -0.3 is 5.73 Å². The molecule has 0 spiro atoms. The van der Waals surface area contributed by atoms with E-state index in [1.165, 1.54) is 15.8 Å². The summed E-state index contributed by atoms with van der Waals surface area (Å²) in [5.74, 6) is 0.634. The molecule has 35 heavy (non-hydrogen) atoms. The van der Waals surface area contributed by atoms with Crippen LogP contribution in [0.2, 0.25) is 0 Å². The molecule has 0 aliphatic heterocycles. The van der Waals surface area contributed by atoms with Crippen molar-refractivity contribution in [3.8, 4) is 0 Å². The fraction of sp³-hybridized carbons (Fsp3) is 0.429. The summed E-state index contributed by atoms with van der Waals surface area (Å²) in [6.07, 6.45) is 6.97. The van der Waals surface area contributed by atoms with E-state index in [1.807, 2.05) is 39.0 Å². The monoisotopic (exact) mass is 473 g/mol. The van der Waals surface area contributed by atoms with Crippen LogP contribution in [0.1, 0.15) is 78.9 Å². The van der Waals surface area contributed by atoms with Gasteiger partial charge in [-0.15, -0.1) is 0 Å². The summed E-state index contributed by atoms with van der Waals surface area (Å²) in [5, 5.41) is 8.09. The van der Waals surface area contributed by atoms with E-state index < -0.39 is 11.5 Å². The second-order valence-corrected chi connectivity index (χ2v) is 9.81. The third-order valence-electron chi connectivity index (χ3n) is 7.19. The number of nitrogens with one attached hydrogen (secondary N) is 1. The Bertz CT molecular complexity index is 1300. The molecule has 184 valence electrons. The van der Waals surface area contributed by atoms with Crippen molar-refractivity contribution < 1.29 is 0 Å². The van der Waals surface area contributed by atoms with E-state index in [0.29, 0.717) is 18.8 Å². The smallest absolute Gasteiger partial charge is 0.328 e. The number of rotatable bonds is 8. The van der Waals surface area contributed by atoms with Gasteiger partial charge in [-0.3, -0.25) is 4.98 Å². The molecular weight excluding hydrogens is 438 g/mol. The van der Waals surface area contributed by atoms with Crippen LogP contribution in [0.4, 0.5) is 0 Å². The molecule has 0 bridgehead atoms. The van der Waals surface area contributed by atoms with E-state index >= 15 is 0 Å². The molecule has 1 aliphatic carbocycles. The number of aromatic nitrogens is 3. The minimum atomic E-state index is -0.667. The first-order chi connectivity index (χ1) is 16.8. The van der Waals surface area contributed by atoms with Crippen LogP contribution in [0.3, 0.4) is 0 Å². The lowest BCUT2D eigenvalue weighted by Crippen LogP contribution is -2.34. The summed E-state index contributed by atoms with van der Waals surface area (Å²) >= 11 is 0. The molecular formula is C28H35N5O2. The molecule has 3 aromatic rings. The molecule has 3 atom stereocenters. The van der Waals surface area contributed by atoms with Crippen molar-refractivity contribution in [3.63, 3.8) is 0 Å². The van der Waals surface area contributed by atoms with Crippen LogP contribution in [-0.4, -0.2) is 20.8 Å². The number of allylic oxidation sites excluding steroid dienone is 2. The second kappa shape index (κ2) is 10.1. The zero-order chi connectivity index (χ0) is 25.2. The Morgan fingerprint density at radius 1 is 1.17 bits per heavy atom. The number of nitroso groups, excluding NO2 is 1. The molecule has 4 rings (SSSR count). The molecule has 2 aromatic carbocycles. The highest BCUT2D eigenvalue weighted by Crippen LogP contribution is 2.47. The van der Waals surface area contributed by atoms with Crippen LogP contribution in [0.15, 0.2) is 58.5 Å². The third kappa shape index (κ3) is 4.65. The molecule has 0 amide bonds. The first-order valence-electron chi connectivity index (χ1n) is 12.4. The number of hydrogen-bond donors (Lipinski definition) is 2. The average molecular weight is 474 g/mol. The maximum atomic E-state index is 13.0. The number of nitrogens with zero attached hydrogens (tertiary/aromatic N) is 3. The number of hydrogen-bond acceptors (Lipinski definition) is 5. The van der Waals surface area contributed by atoms with Gasteiger partial charge in [0.2, 0.25) is 0 Å². The predicted molar refractivity (Wildman–Crippen MR) is 140 cm³/mol. The van der Waals surface area contributed by atoms with Gasteiger partial charge in [0.05, 0.1) is 12.0 Å². The van der Waals surface area contributed by atoms with E-state index in [1.54, 1.807) is 0 Å². The molecule has 7 heteroatoms. The second-order valence-electron chi connectivity index (χ2n) is 9.81. The maximum absolute atomic E-state index is 13.0. The molecule has 0 saturated heterocycles. The van der Waals surface area contributed by atoms with Gasteiger partial charge in [0.1, 0.15) is 11.9 Å². The quantitative estimate of drug-likeness (QED) is 0.360. The maximum Gasteiger partial charge on any atom is 0.343 e. The molecule has 1 aliphatic rings. The molecule has 0 saturated carbocycles. The molecule has 7 nitrogen and oxygen atoms in total. The highest BCUT2D eigenvalue weighted by Gasteiger charge is 2.44. The van der Waals surface area contributed by atoms with Crippen molar-refractivity contribution >= 4 is 0 Å². The standard InChI is InChI=1S/C28H35N5O2/c1-5-6-15-33-27(34)30-26(31-33)28(14-13-19(3)29)24-11-7-18(2)16-22(24)8-9-23-17-21(20(4)32-35)10-12-25(23)28/h5-7,10-12,16-17,19-20H,8-9,13-15,29H2,1-4H3,(H,30,31,34)/b6-5-/t19-,20?,28?/m1/s1. The van der Waals surface area contributed by atoms with Crippen molar-refractivity contribution in [2.75, 3.05) is 0 Å². The normalized spacial score (nSPS) is 19.1. The SMILES string of the molecule is C/C=C\Cn1nc(C2(CC[C@@H](C)N)c3ccc(C)cc3CCc3cc(C(C)N=O)ccc32)[nH]c1=O. The summed E-state index contributed by atoms with van der Waals surface area (Å²) in [7, 11) is 0. The Balaban J connectivity index is 2.04. The number of benzene rings is 2. The average Bonchev–Trinajstić information content (AvgIpc) is 3.15. The Hall–Kier alpha value is -3.32. The number of fused-ring (bicyclic) bond motifs is 2. The van der Waals surface area contributed by atoms with Crippen molar-refractivity contribution in [1.29, 1.82) is 0 Å². The topological polar surface area (TPSA) is 106 Å². The summed E-state index contributed by atoms with van der Waals surface area (Å²) < 4.78 is 1.48. The third-order valence-corrected chi connectivity index (χ3v) is 7.19. The van der Waals surface area contributed by atoms with Crippen LogP contribution in [0.25, 0.3) is 0 Å². The first kappa shape index (κ1) is 24.8. The zero-order valence-electron chi connectivity index (χ0n) is 21.0. The van der Waals surface area contributed by atoms with Gasteiger partial charge in [-0.1, -0.05) is 59.3 Å². The van der Waals surface area contributed by atoms with Crippen LogP contribution in [0.5, 0.6) is 0 Å². The highest BCUT2D eigenvalue weighted by molar-refractivity contribution is 5.56. The Morgan fingerprint density at radius 2 is 1.86 bits per heavy atom. The van der Waals surface area contributed by atoms with Crippen LogP contribution in [-0.2, 0) is 24.8 Å². The van der Waals surface area contributed by atoms with Gasteiger partial charge in [-0.2, -0.15) is 10.0 Å². The number of H-pyrrole nitrogens is 1. The lowest BCUT2D eigenvalue weighted by molar-refractivity contribution is 0.470. The van der Waals surface area contributed by atoms with Gasteiger partial charge >= 0.3 is 5.69 Å². The zero-order valence-corrected chi connectivity index (χ0v) is 21.0. The van der Waals surface area contributed by atoms with Crippen molar-refractivity contribution in [1.82, 2.24) is 14.8 Å². The van der Waals surface area contributed by atoms with Crippen molar-refractivity contribution in [2.45, 2.75) is 77.4 Å². The van der Waals surface area contributed by atoms with Crippen molar-refractivity contribution in [3.05, 3.63) is 103 Å². The number of nitrogens with two attached hydrogens (primary N) is 1. The lowest BCUT2D eigenvalue weighted by atomic mass is 9.68. The van der Waals surface area contributed by atoms with Crippen LogP contribution in [0, 0.1) is 11.8 Å². The van der Waals surface area contributed by atoms with E-state index in [-0.39, 0.29) is 11.7 Å². The Kier molecular flexibility index (Phi) is 7.17. The number of aromatic amines is 1. The minimum Gasteiger partial charge on any atom is -0.328 e. The van der Waals surface area contributed by atoms with Gasteiger partial charge in [-0.25, -0.2) is 9.48 Å². The fourth-order valence-electron chi connectivity index (χ4n) is 5.28. The summed E-state index contributed by atoms with van der Waals surface area (Å²) in [6, 6.07) is 12.3. The molecule has 2 unspecified atom stereocenters. The molecule has 0 fully saturated rings. The lowest BCUT2D eigenvalue weighted by Gasteiger charge is -2.35. The van der Waals surface area contributed by atoms with E-state index in [0.717, 1.165) is 41.5 Å². The Labute approximate surface area is 206 Å². The van der Waals surface area contributed by atoms with E-state index in [2.05, 4.69) is 47.4 Å². The first-order valence-corrected chi connectivity index (χ1v) is 12.4. The minimum absolute atomic E-state index is 0.0112. The summed E-state index contributed by atoms with van der Waals surface area (Å²) in [4.78, 5) is 27.4. The fourth-order valence-corrected chi connectivity index (χ4v) is 5.28. The predicted octanol–water partition coefficient (Wildman–Crippen LogP) is 4.84. The van der Waals surface area contributed by atoms with Crippen LogP contribution < -0.4 is 11.4 Å². The summed E-state index contributed by atoms with van der Waals surface area (Å²) in [6.45, 7) is 8.26. The van der Waals surface area contributed by atoms with Gasteiger partial charge in [-0.05, 0) is 81.2 Å². The molecule has 3 N–H and O–H groups in total. The largest absolute Gasteiger partial charge is 0.343 e. The Morgan fingerprint density at radius 3 is 2.51 bits per heavy atom. The van der Waals surface area contributed by atoms with E-state index in [9.17, 15) is 9.70 Å². The molecule has 1 aromatic heterocycles. The highest BCUT2D eigenvalue weighted by atomic mass is 16.3. The number of aryl methyl sites for hydroxylation is 3. The van der Waals surface area contributed by atoms with Gasteiger partial charge in [0.15, 0.2) is 0 Å². The van der Waals surface area contributed by atoms with Crippen LogP contribution >= 0.6 is 0 Å². The van der Waals surface area contributed by atoms with Crippen molar-refractivity contribution in [2.24, 2.45) is 10.9 Å². The summed E-state index contributed by atoms with van der Waals surface area (Å²) in [5.41, 5.74) is 12.1. The van der Waals surface area contributed by atoms with E-state index in [4.69, 9.17) is 10.8 Å².